The molecule has 0 saturated heterocycles. The molecule has 2 aromatic carbocycles. The third-order valence-corrected chi connectivity index (χ3v) is 5.77. The van der Waals surface area contributed by atoms with Gasteiger partial charge < -0.3 is 4.74 Å². The number of esters is 1. The molecular weight excluding hydrogens is 456 g/mol. The van der Waals surface area contributed by atoms with E-state index >= 15 is 0 Å². The van der Waals surface area contributed by atoms with Gasteiger partial charge in [-0.15, -0.1) is 0 Å². The molecule has 1 heterocycles. The van der Waals surface area contributed by atoms with Crippen LogP contribution in [0.25, 0.3) is 6.08 Å². The van der Waals surface area contributed by atoms with Crippen molar-refractivity contribution in [3.05, 3.63) is 77.4 Å². The maximum absolute atomic E-state index is 13.5. The molecule has 36 heavy (non-hydrogen) atoms. The Kier molecular flexibility index (Phi) is 8.45. The molecule has 0 fully saturated rings. The molecule has 7 nitrogen and oxygen atoms in total. The smallest absolute Gasteiger partial charge is 0.310 e. The van der Waals surface area contributed by atoms with Gasteiger partial charge in [-0.05, 0) is 57.2 Å². The van der Waals surface area contributed by atoms with Crippen molar-refractivity contribution in [1.29, 1.82) is 0 Å². The van der Waals surface area contributed by atoms with Crippen LogP contribution >= 0.6 is 0 Å². The van der Waals surface area contributed by atoms with Crippen molar-refractivity contribution in [2.24, 2.45) is 17.8 Å². The van der Waals surface area contributed by atoms with Gasteiger partial charge in [-0.25, -0.2) is 0 Å². The lowest BCUT2D eigenvalue weighted by molar-refractivity contribution is -0.164. The second kappa shape index (κ2) is 11.3. The van der Waals surface area contributed by atoms with Gasteiger partial charge in [0.2, 0.25) is 5.91 Å². The van der Waals surface area contributed by atoms with Crippen LogP contribution in [-0.2, 0) is 14.3 Å². The Bertz CT molecular complexity index is 1110. The number of benzene rings is 2. The van der Waals surface area contributed by atoms with Gasteiger partial charge >= 0.3 is 5.97 Å². The summed E-state index contributed by atoms with van der Waals surface area (Å²) in [5, 5.41) is 0.742. The molecule has 0 aromatic heterocycles. The lowest BCUT2D eigenvalue weighted by Crippen LogP contribution is -2.50. The van der Waals surface area contributed by atoms with Gasteiger partial charge in [0.15, 0.2) is 0 Å². The summed E-state index contributed by atoms with van der Waals surface area (Å²) in [6, 6.07) is 16.1. The minimum atomic E-state index is -0.815. The summed E-state index contributed by atoms with van der Waals surface area (Å²) in [5.41, 5.74) is 3.20. The van der Waals surface area contributed by atoms with Gasteiger partial charge in [-0.1, -0.05) is 68.5 Å². The van der Waals surface area contributed by atoms with E-state index in [2.05, 4.69) is 5.43 Å². The Hall–Kier alpha value is -3.74. The number of nitrogens with zero attached hydrogens (tertiary/aromatic N) is 1. The lowest BCUT2D eigenvalue weighted by atomic mass is 9.82. The van der Waals surface area contributed by atoms with Crippen LogP contribution in [0.4, 0.5) is 0 Å². The summed E-state index contributed by atoms with van der Waals surface area (Å²) in [4.78, 5) is 52.4. The number of carbonyl (C=O) groups excluding carboxylic acids is 4. The Balaban J connectivity index is 1.87. The second-order valence-corrected chi connectivity index (χ2v) is 10.4. The maximum Gasteiger partial charge on any atom is 0.310 e. The van der Waals surface area contributed by atoms with Crippen molar-refractivity contribution in [2.45, 2.75) is 53.1 Å². The van der Waals surface area contributed by atoms with E-state index in [1.165, 1.54) is 0 Å². The van der Waals surface area contributed by atoms with Crippen molar-refractivity contribution in [3.8, 4) is 0 Å². The highest BCUT2D eigenvalue weighted by molar-refractivity contribution is 6.21. The van der Waals surface area contributed by atoms with E-state index in [4.69, 9.17) is 4.74 Å². The molecule has 3 amide bonds. The first kappa shape index (κ1) is 26.9. The number of hydrogen-bond donors (Lipinski definition) is 1. The van der Waals surface area contributed by atoms with Crippen molar-refractivity contribution in [3.63, 3.8) is 0 Å². The fraction of sp³-hybridized carbons (Fsp3) is 0.379. The van der Waals surface area contributed by atoms with E-state index in [9.17, 15) is 19.2 Å². The molecule has 0 aliphatic carbocycles. The molecule has 7 heteroatoms. The second-order valence-electron chi connectivity index (χ2n) is 10.4. The van der Waals surface area contributed by atoms with E-state index in [-0.39, 0.29) is 23.5 Å². The third kappa shape index (κ3) is 6.68. The van der Waals surface area contributed by atoms with Crippen molar-refractivity contribution < 1.29 is 23.9 Å². The van der Waals surface area contributed by atoms with E-state index in [1.807, 2.05) is 56.3 Å². The van der Waals surface area contributed by atoms with Gasteiger partial charge in [0.05, 0.1) is 23.0 Å². The summed E-state index contributed by atoms with van der Waals surface area (Å²) in [6.45, 7) is 9.23. The van der Waals surface area contributed by atoms with Crippen LogP contribution < -0.4 is 5.43 Å². The fourth-order valence-electron chi connectivity index (χ4n) is 4.16. The van der Waals surface area contributed by atoms with Crippen LogP contribution in [-0.4, -0.2) is 34.3 Å². The Morgan fingerprint density at radius 1 is 0.917 bits per heavy atom. The van der Waals surface area contributed by atoms with Crippen LogP contribution in [0.2, 0.25) is 0 Å². The van der Waals surface area contributed by atoms with Crippen LogP contribution in [0.15, 0.2) is 60.7 Å². The van der Waals surface area contributed by atoms with Crippen LogP contribution in [0.5, 0.6) is 0 Å². The zero-order valence-electron chi connectivity index (χ0n) is 21.5. The number of amides is 3. The van der Waals surface area contributed by atoms with Crippen molar-refractivity contribution >= 4 is 29.8 Å². The molecule has 1 N–H and O–H groups in total. The first-order valence-electron chi connectivity index (χ1n) is 12.2. The van der Waals surface area contributed by atoms with Gasteiger partial charge in [0.25, 0.3) is 11.8 Å². The number of ether oxygens (including phenoxy) is 1. The molecule has 1 aliphatic heterocycles. The average molecular weight is 491 g/mol. The number of rotatable bonds is 9. The molecule has 2 aromatic rings. The van der Waals surface area contributed by atoms with E-state index < -0.39 is 41.1 Å². The van der Waals surface area contributed by atoms with Gasteiger partial charge in [0.1, 0.15) is 5.60 Å². The van der Waals surface area contributed by atoms with Crippen LogP contribution in [0.3, 0.4) is 0 Å². The Labute approximate surface area is 212 Å². The number of carbonyl (C=O) groups is 4. The van der Waals surface area contributed by atoms with E-state index in [0.29, 0.717) is 6.42 Å². The van der Waals surface area contributed by atoms with E-state index in [0.717, 1.165) is 10.6 Å². The number of fused-ring (bicyclic) bond motifs is 1. The summed E-state index contributed by atoms with van der Waals surface area (Å²) in [7, 11) is 0. The molecule has 0 bridgehead atoms. The number of imide groups is 1. The average Bonchev–Trinajstić information content (AvgIpc) is 3.05. The highest BCUT2D eigenvalue weighted by Crippen LogP contribution is 2.29. The van der Waals surface area contributed by atoms with Gasteiger partial charge in [0, 0.05) is 0 Å². The summed E-state index contributed by atoms with van der Waals surface area (Å²) >= 11 is 0. The topological polar surface area (TPSA) is 92.8 Å². The largest absolute Gasteiger partial charge is 0.460 e. The molecule has 2 atom stereocenters. The lowest BCUT2D eigenvalue weighted by Gasteiger charge is -2.30. The monoisotopic (exact) mass is 490 g/mol. The zero-order chi connectivity index (χ0) is 26.5. The van der Waals surface area contributed by atoms with Gasteiger partial charge in [-0.3, -0.25) is 24.6 Å². The maximum atomic E-state index is 13.5. The normalized spacial score (nSPS) is 15.2. The van der Waals surface area contributed by atoms with Crippen LogP contribution in [0, 0.1) is 17.8 Å². The number of hydrazine groups is 1. The third-order valence-electron chi connectivity index (χ3n) is 5.77. The molecule has 0 radical (unpaired) electrons. The molecule has 3 rings (SSSR count). The van der Waals surface area contributed by atoms with Gasteiger partial charge in [-0.2, -0.15) is 5.01 Å². The Morgan fingerprint density at radius 2 is 1.47 bits per heavy atom. The zero-order valence-corrected chi connectivity index (χ0v) is 21.5. The predicted molar refractivity (Wildman–Crippen MR) is 137 cm³/mol. The molecule has 1 aliphatic rings. The standard InChI is InChI=1S/C29H34N2O5/c1-19(2)18-24(25(32)30-31-26(33)21-15-9-10-16-22(21)27(31)34)23(28(35)36-29(3,4)5)17-11-14-20-12-7-6-8-13-20/h6-16,19,23-24H,17-18H2,1-5H3,(H,30,32)/b14-11+/t23-,24+/m0/s1. The minimum absolute atomic E-state index is 0.0750. The Morgan fingerprint density at radius 3 is 2.00 bits per heavy atom. The SMILES string of the molecule is CC(C)C[C@@H](C(=O)NN1C(=O)c2ccccc2C1=O)[C@H](C/C=C/c1ccccc1)C(=O)OC(C)(C)C. The molecule has 0 spiro atoms. The molecule has 0 unspecified atom stereocenters. The van der Waals surface area contributed by atoms with Crippen LogP contribution in [0.1, 0.15) is 73.7 Å². The van der Waals surface area contributed by atoms with Crippen molar-refractivity contribution in [2.75, 3.05) is 0 Å². The van der Waals surface area contributed by atoms with Crippen molar-refractivity contribution in [1.82, 2.24) is 10.4 Å². The predicted octanol–water partition coefficient (Wildman–Crippen LogP) is 5.04. The first-order valence-corrected chi connectivity index (χ1v) is 12.2. The summed E-state index contributed by atoms with van der Waals surface area (Å²) < 4.78 is 5.68. The summed E-state index contributed by atoms with van der Waals surface area (Å²) in [5.74, 6) is -3.79. The quantitative estimate of drug-likeness (QED) is 0.393. The molecular formula is C29H34N2O5. The number of hydrogen-bond acceptors (Lipinski definition) is 5. The summed E-state index contributed by atoms with van der Waals surface area (Å²) in [6.07, 6.45) is 4.38. The highest BCUT2D eigenvalue weighted by atomic mass is 16.6. The first-order chi connectivity index (χ1) is 17.0. The van der Waals surface area contributed by atoms with E-state index in [1.54, 1.807) is 45.0 Å². The number of allylic oxidation sites excluding steroid dienone is 1. The molecule has 0 saturated carbocycles. The highest BCUT2D eigenvalue weighted by Gasteiger charge is 2.41. The molecule has 190 valence electrons. The number of nitrogens with one attached hydrogen (secondary N) is 1. The fourth-order valence-corrected chi connectivity index (χ4v) is 4.16. The minimum Gasteiger partial charge on any atom is -0.460 e.